The third kappa shape index (κ3) is 4.39. The number of hydrogen-bond acceptors (Lipinski definition) is 3. The van der Waals surface area contributed by atoms with E-state index < -0.39 is 0 Å². The number of rotatable bonds is 5. The fraction of sp³-hybridized carbons (Fsp3) is 0.154. The van der Waals surface area contributed by atoms with E-state index in [-0.39, 0.29) is 18.4 Å². The molecule has 0 fully saturated rings. The number of hydrogen-bond donors (Lipinski definition) is 1. The van der Waals surface area contributed by atoms with Crippen molar-refractivity contribution in [3.05, 3.63) is 105 Å². The number of halogens is 1. The first kappa shape index (κ1) is 20.9. The van der Waals surface area contributed by atoms with Gasteiger partial charge in [0.05, 0.1) is 12.1 Å². The molecule has 156 valence electrons. The van der Waals surface area contributed by atoms with Crippen LogP contribution in [0.1, 0.15) is 27.8 Å². The van der Waals surface area contributed by atoms with Gasteiger partial charge in [-0.05, 0) is 67.3 Å². The summed E-state index contributed by atoms with van der Waals surface area (Å²) in [4.78, 5) is 28.0. The number of nitrogens with zero attached hydrogens (tertiary/aromatic N) is 1. The molecule has 4 nitrogen and oxygen atoms in total. The van der Waals surface area contributed by atoms with E-state index in [1.165, 1.54) is 4.90 Å². The maximum absolute atomic E-state index is 13.4. The van der Waals surface area contributed by atoms with Gasteiger partial charge in [0.15, 0.2) is 0 Å². The van der Waals surface area contributed by atoms with E-state index in [1.54, 1.807) is 12.1 Å². The van der Waals surface area contributed by atoms with Gasteiger partial charge in [-0.2, -0.15) is 0 Å². The number of anilines is 1. The summed E-state index contributed by atoms with van der Waals surface area (Å²) >= 11 is 5.97. The summed E-state index contributed by atoms with van der Waals surface area (Å²) in [6.45, 7) is 6.17. The topological polar surface area (TPSA) is 49.4 Å². The van der Waals surface area contributed by atoms with Crippen molar-refractivity contribution in [1.29, 1.82) is 0 Å². The largest absolute Gasteiger partial charge is 0.350 e. The third-order valence-electron chi connectivity index (χ3n) is 5.25. The Morgan fingerprint density at radius 2 is 1.39 bits per heavy atom. The summed E-state index contributed by atoms with van der Waals surface area (Å²) in [5, 5.41) is 3.85. The molecule has 0 radical (unpaired) electrons. The highest BCUT2D eigenvalue weighted by molar-refractivity contribution is 6.36. The minimum absolute atomic E-state index is 0.183. The number of carbonyl (C=O) groups is 2. The second kappa shape index (κ2) is 8.40. The molecule has 0 unspecified atom stereocenters. The van der Waals surface area contributed by atoms with Crippen molar-refractivity contribution in [1.82, 2.24) is 4.90 Å². The lowest BCUT2D eigenvalue weighted by molar-refractivity contribution is -0.137. The smallest absolute Gasteiger partial charge is 0.278 e. The Hall–Kier alpha value is -3.37. The number of amides is 2. The molecule has 31 heavy (non-hydrogen) atoms. The first-order valence-electron chi connectivity index (χ1n) is 10.1. The Balaban J connectivity index is 1.75. The molecular formula is C26H23ClN2O2. The molecule has 0 spiro atoms. The standard InChI is InChI=1S/C26H23ClN2O2/c1-16-4-8-20(9-5-16)23-24(28-22-13-17(2)12-18(3)14-22)26(31)29(25(23)30)15-19-6-10-21(27)11-7-19/h4-14,28H,15H2,1-3H3. The molecule has 1 aliphatic heterocycles. The van der Waals surface area contributed by atoms with E-state index >= 15 is 0 Å². The van der Waals surface area contributed by atoms with Gasteiger partial charge >= 0.3 is 0 Å². The first-order chi connectivity index (χ1) is 14.8. The summed E-state index contributed by atoms with van der Waals surface area (Å²) in [7, 11) is 0. The van der Waals surface area contributed by atoms with E-state index in [0.717, 1.165) is 33.5 Å². The van der Waals surface area contributed by atoms with Crippen molar-refractivity contribution in [3.63, 3.8) is 0 Å². The SMILES string of the molecule is Cc1ccc(C2=C(Nc3cc(C)cc(C)c3)C(=O)N(Cc3ccc(Cl)cc3)C2=O)cc1. The minimum atomic E-state index is -0.338. The third-order valence-corrected chi connectivity index (χ3v) is 5.51. The maximum Gasteiger partial charge on any atom is 0.278 e. The molecule has 0 aliphatic carbocycles. The molecule has 1 N–H and O–H groups in total. The predicted octanol–water partition coefficient (Wildman–Crippen LogP) is 5.66. The van der Waals surface area contributed by atoms with Crippen LogP contribution in [-0.4, -0.2) is 16.7 Å². The van der Waals surface area contributed by atoms with Gasteiger partial charge in [-0.25, -0.2) is 0 Å². The monoisotopic (exact) mass is 430 g/mol. The minimum Gasteiger partial charge on any atom is -0.350 e. The molecule has 0 bridgehead atoms. The second-order valence-electron chi connectivity index (χ2n) is 7.94. The summed E-state index contributed by atoms with van der Waals surface area (Å²) in [6.07, 6.45) is 0. The van der Waals surface area contributed by atoms with Crippen LogP contribution in [-0.2, 0) is 16.1 Å². The van der Waals surface area contributed by atoms with Crippen molar-refractivity contribution < 1.29 is 9.59 Å². The summed E-state index contributed by atoms with van der Waals surface area (Å²) in [5.41, 5.74) is 6.27. The van der Waals surface area contributed by atoms with Crippen LogP contribution < -0.4 is 5.32 Å². The second-order valence-corrected chi connectivity index (χ2v) is 8.38. The van der Waals surface area contributed by atoms with Gasteiger partial charge in [0.1, 0.15) is 5.70 Å². The normalized spacial score (nSPS) is 13.9. The molecule has 1 heterocycles. The van der Waals surface area contributed by atoms with Gasteiger partial charge in [-0.1, -0.05) is 59.6 Å². The fourth-order valence-corrected chi connectivity index (χ4v) is 3.91. The number of carbonyl (C=O) groups excluding carboxylic acids is 2. The van der Waals surface area contributed by atoms with Crippen LogP contribution in [0.5, 0.6) is 0 Å². The Kier molecular flexibility index (Phi) is 5.66. The first-order valence-corrected chi connectivity index (χ1v) is 10.5. The zero-order valence-electron chi connectivity index (χ0n) is 17.7. The molecular weight excluding hydrogens is 408 g/mol. The summed E-state index contributed by atoms with van der Waals surface area (Å²) in [5.74, 6) is -0.648. The molecule has 0 saturated carbocycles. The average molecular weight is 431 g/mol. The van der Waals surface area contributed by atoms with Crippen LogP contribution in [0.15, 0.2) is 72.4 Å². The Labute approximate surface area is 187 Å². The molecule has 3 aromatic rings. The van der Waals surface area contributed by atoms with Gasteiger partial charge in [-0.3, -0.25) is 14.5 Å². The van der Waals surface area contributed by atoms with Gasteiger partial charge in [0, 0.05) is 10.7 Å². The predicted molar refractivity (Wildman–Crippen MR) is 125 cm³/mol. The average Bonchev–Trinajstić information content (AvgIpc) is 2.94. The van der Waals surface area contributed by atoms with Crippen LogP contribution in [0.3, 0.4) is 0 Å². The highest BCUT2D eigenvalue weighted by Crippen LogP contribution is 2.32. The van der Waals surface area contributed by atoms with E-state index in [1.807, 2.05) is 69.3 Å². The number of nitrogens with one attached hydrogen (secondary N) is 1. The molecule has 2 amide bonds. The van der Waals surface area contributed by atoms with Gasteiger partial charge in [-0.15, -0.1) is 0 Å². The number of imide groups is 1. The molecule has 5 heteroatoms. The molecule has 0 atom stereocenters. The van der Waals surface area contributed by atoms with Crippen molar-refractivity contribution in [2.24, 2.45) is 0 Å². The van der Waals surface area contributed by atoms with E-state index in [2.05, 4.69) is 11.4 Å². The number of benzene rings is 3. The lowest BCUT2D eigenvalue weighted by Gasteiger charge is -2.16. The Morgan fingerprint density at radius 3 is 2.00 bits per heavy atom. The van der Waals surface area contributed by atoms with Crippen LogP contribution in [0.25, 0.3) is 5.57 Å². The van der Waals surface area contributed by atoms with Crippen LogP contribution in [0, 0.1) is 20.8 Å². The highest BCUT2D eigenvalue weighted by Gasteiger charge is 2.39. The molecule has 0 aromatic heterocycles. The van der Waals surface area contributed by atoms with E-state index in [9.17, 15) is 9.59 Å². The molecule has 1 aliphatic rings. The lowest BCUT2D eigenvalue weighted by Crippen LogP contribution is -2.32. The van der Waals surface area contributed by atoms with Gasteiger partial charge in [0.25, 0.3) is 11.8 Å². The van der Waals surface area contributed by atoms with Crippen LogP contribution >= 0.6 is 11.6 Å². The van der Waals surface area contributed by atoms with Crippen molar-refractivity contribution in [2.75, 3.05) is 5.32 Å². The van der Waals surface area contributed by atoms with Crippen LogP contribution in [0.4, 0.5) is 5.69 Å². The summed E-state index contributed by atoms with van der Waals surface area (Å²) in [6, 6.07) is 20.8. The zero-order valence-corrected chi connectivity index (χ0v) is 18.5. The molecule has 3 aromatic carbocycles. The molecule has 4 rings (SSSR count). The van der Waals surface area contributed by atoms with Gasteiger partial charge < -0.3 is 5.32 Å². The van der Waals surface area contributed by atoms with Gasteiger partial charge in [0.2, 0.25) is 0 Å². The van der Waals surface area contributed by atoms with Crippen molar-refractivity contribution in [3.8, 4) is 0 Å². The summed E-state index contributed by atoms with van der Waals surface area (Å²) < 4.78 is 0. The fourth-order valence-electron chi connectivity index (χ4n) is 3.79. The highest BCUT2D eigenvalue weighted by atomic mass is 35.5. The Bertz CT molecular complexity index is 1170. The van der Waals surface area contributed by atoms with Crippen LogP contribution in [0.2, 0.25) is 5.02 Å². The zero-order chi connectivity index (χ0) is 22.1. The molecule has 0 saturated heterocycles. The van der Waals surface area contributed by atoms with E-state index in [4.69, 9.17) is 11.6 Å². The maximum atomic E-state index is 13.4. The van der Waals surface area contributed by atoms with Crippen molar-refractivity contribution in [2.45, 2.75) is 27.3 Å². The van der Waals surface area contributed by atoms with Crippen molar-refractivity contribution >= 4 is 34.7 Å². The Morgan fingerprint density at radius 1 is 0.774 bits per heavy atom. The lowest BCUT2D eigenvalue weighted by atomic mass is 10.0. The quantitative estimate of drug-likeness (QED) is 0.531. The van der Waals surface area contributed by atoms with E-state index in [0.29, 0.717) is 16.3 Å². The number of aryl methyl sites for hydroxylation is 3.